The van der Waals surface area contributed by atoms with Crippen LogP contribution in [0.5, 0.6) is 0 Å². The number of para-hydroxylation sites is 1. The van der Waals surface area contributed by atoms with Crippen molar-refractivity contribution in [3.05, 3.63) is 54.0 Å². The number of aromatic nitrogens is 3. The van der Waals surface area contributed by atoms with E-state index in [2.05, 4.69) is 44.7 Å². The standard InChI is InChI=1S/C18H22N4O/c1-18(2,12-23)22-17-19-10-9-14(21-17)8-7-13-11-20-16-6-4-3-5-15(13)16/h3-6,9-11,20,23H,7-8,12H2,1-2H3,(H,19,21,22). The zero-order valence-corrected chi connectivity index (χ0v) is 13.5. The Bertz CT molecular complexity index is 794. The molecule has 23 heavy (non-hydrogen) atoms. The van der Waals surface area contributed by atoms with E-state index in [9.17, 15) is 5.11 Å². The summed E-state index contributed by atoms with van der Waals surface area (Å²) in [5, 5.41) is 13.7. The second-order valence-electron chi connectivity index (χ2n) is 6.40. The van der Waals surface area contributed by atoms with Gasteiger partial charge in [-0.2, -0.15) is 0 Å². The van der Waals surface area contributed by atoms with Crippen molar-refractivity contribution in [3.8, 4) is 0 Å². The zero-order chi connectivity index (χ0) is 16.3. The maximum absolute atomic E-state index is 9.33. The smallest absolute Gasteiger partial charge is 0.223 e. The predicted molar refractivity (Wildman–Crippen MR) is 92.5 cm³/mol. The molecule has 0 unspecified atom stereocenters. The number of H-pyrrole nitrogens is 1. The molecule has 5 nitrogen and oxygen atoms in total. The van der Waals surface area contributed by atoms with Gasteiger partial charge in [0.1, 0.15) is 0 Å². The molecule has 0 bridgehead atoms. The van der Waals surface area contributed by atoms with E-state index in [0.29, 0.717) is 5.95 Å². The number of aryl methyl sites for hydroxylation is 2. The number of anilines is 1. The number of nitrogens with zero attached hydrogens (tertiary/aromatic N) is 2. The Morgan fingerprint density at radius 2 is 2.00 bits per heavy atom. The second-order valence-corrected chi connectivity index (χ2v) is 6.40. The second kappa shape index (κ2) is 6.38. The highest BCUT2D eigenvalue weighted by Crippen LogP contribution is 2.19. The van der Waals surface area contributed by atoms with E-state index in [4.69, 9.17) is 0 Å². The minimum Gasteiger partial charge on any atom is -0.394 e. The molecule has 0 aliphatic rings. The van der Waals surface area contributed by atoms with E-state index in [-0.39, 0.29) is 6.61 Å². The van der Waals surface area contributed by atoms with E-state index in [1.54, 1.807) is 6.20 Å². The monoisotopic (exact) mass is 310 g/mol. The molecule has 120 valence electrons. The summed E-state index contributed by atoms with van der Waals surface area (Å²) in [6.07, 6.45) is 5.59. The van der Waals surface area contributed by atoms with Crippen LogP contribution in [-0.4, -0.2) is 32.2 Å². The summed E-state index contributed by atoms with van der Waals surface area (Å²) in [5.41, 5.74) is 3.01. The molecule has 0 saturated heterocycles. The van der Waals surface area contributed by atoms with Gasteiger partial charge < -0.3 is 15.4 Å². The van der Waals surface area contributed by atoms with Gasteiger partial charge in [-0.05, 0) is 44.4 Å². The fourth-order valence-electron chi connectivity index (χ4n) is 2.54. The molecule has 1 aromatic carbocycles. The summed E-state index contributed by atoms with van der Waals surface area (Å²) in [6.45, 7) is 3.85. The molecule has 0 aliphatic carbocycles. The third kappa shape index (κ3) is 3.68. The van der Waals surface area contributed by atoms with Gasteiger partial charge in [-0.25, -0.2) is 9.97 Å². The number of hydrogen-bond donors (Lipinski definition) is 3. The topological polar surface area (TPSA) is 73.8 Å². The highest BCUT2D eigenvalue weighted by Gasteiger charge is 2.17. The van der Waals surface area contributed by atoms with Gasteiger partial charge in [0.15, 0.2) is 0 Å². The number of aliphatic hydroxyl groups is 1. The maximum atomic E-state index is 9.33. The molecular formula is C18H22N4O. The van der Waals surface area contributed by atoms with Gasteiger partial charge in [0.2, 0.25) is 5.95 Å². The fraction of sp³-hybridized carbons (Fsp3) is 0.333. The van der Waals surface area contributed by atoms with E-state index < -0.39 is 5.54 Å². The molecule has 0 atom stereocenters. The molecule has 0 aliphatic heterocycles. The molecule has 0 amide bonds. The van der Waals surface area contributed by atoms with Crippen molar-refractivity contribution < 1.29 is 5.11 Å². The first-order valence-electron chi connectivity index (χ1n) is 7.83. The Morgan fingerprint density at radius 1 is 1.17 bits per heavy atom. The molecule has 2 aromatic heterocycles. The Hall–Kier alpha value is -2.40. The lowest BCUT2D eigenvalue weighted by Gasteiger charge is -2.23. The Balaban J connectivity index is 1.71. The number of aromatic amines is 1. The molecule has 3 N–H and O–H groups in total. The van der Waals surface area contributed by atoms with Gasteiger partial charge in [-0.1, -0.05) is 18.2 Å². The number of aliphatic hydroxyl groups excluding tert-OH is 1. The van der Waals surface area contributed by atoms with Crippen LogP contribution in [0.3, 0.4) is 0 Å². The minimum absolute atomic E-state index is 0.0237. The van der Waals surface area contributed by atoms with Crippen molar-refractivity contribution in [3.63, 3.8) is 0 Å². The lowest BCUT2D eigenvalue weighted by Crippen LogP contribution is -2.35. The first-order chi connectivity index (χ1) is 11.1. The summed E-state index contributed by atoms with van der Waals surface area (Å²) in [6, 6.07) is 10.3. The summed E-state index contributed by atoms with van der Waals surface area (Å²) < 4.78 is 0. The maximum Gasteiger partial charge on any atom is 0.223 e. The normalized spacial score (nSPS) is 11.8. The van der Waals surface area contributed by atoms with Crippen LogP contribution in [0.25, 0.3) is 10.9 Å². The van der Waals surface area contributed by atoms with E-state index in [1.807, 2.05) is 26.0 Å². The van der Waals surface area contributed by atoms with Gasteiger partial charge >= 0.3 is 0 Å². The quantitative estimate of drug-likeness (QED) is 0.654. The van der Waals surface area contributed by atoms with Crippen LogP contribution in [-0.2, 0) is 12.8 Å². The highest BCUT2D eigenvalue weighted by atomic mass is 16.3. The number of fused-ring (bicyclic) bond motifs is 1. The Kier molecular flexibility index (Phi) is 4.30. The SMILES string of the molecule is CC(C)(CO)Nc1nccc(CCc2c[nH]c3ccccc23)n1. The lowest BCUT2D eigenvalue weighted by molar-refractivity contribution is 0.233. The van der Waals surface area contributed by atoms with Gasteiger partial charge in [-0.3, -0.25) is 0 Å². The van der Waals surface area contributed by atoms with Crippen molar-refractivity contribution >= 4 is 16.9 Å². The summed E-state index contributed by atoms with van der Waals surface area (Å²) in [7, 11) is 0. The molecule has 0 spiro atoms. The van der Waals surface area contributed by atoms with Crippen LogP contribution in [0.15, 0.2) is 42.7 Å². The van der Waals surface area contributed by atoms with Crippen molar-refractivity contribution in [2.75, 3.05) is 11.9 Å². The van der Waals surface area contributed by atoms with E-state index in [1.165, 1.54) is 10.9 Å². The van der Waals surface area contributed by atoms with Gasteiger partial charge in [0.05, 0.1) is 12.1 Å². The first kappa shape index (κ1) is 15.5. The number of rotatable bonds is 6. The molecule has 0 radical (unpaired) electrons. The Labute approximate surface area is 135 Å². The number of nitrogens with one attached hydrogen (secondary N) is 2. The third-order valence-corrected chi connectivity index (χ3v) is 3.88. The lowest BCUT2D eigenvalue weighted by atomic mass is 10.1. The molecule has 0 saturated carbocycles. The summed E-state index contributed by atoms with van der Waals surface area (Å²) in [5.74, 6) is 0.556. The van der Waals surface area contributed by atoms with Crippen LogP contribution in [0.1, 0.15) is 25.1 Å². The predicted octanol–water partition coefficient (Wildman–Crippen LogP) is 2.93. The van der Waals surface area contributed by atoms with E-state index >= 15 is 0 Å². The largest absolute Gasteiger partial charge is 0.394 e. The van der Waals surface area contributed by atoms with Crippen LogP contribution >= 0.6 is 0 Å². The van der Waals surface area contributed by atoms with Crippen LogP contribution in [0.4, 0.5) is 5.95 Å². The van der Waals surface area contributed by atoms with Crippen LogP contribution in [0, 0.1) is 0 Å². The summed E-state index contributed by atoms with van der Waals surface area (Å²) >= 11 is 0. The average molecular weight is 310 g/mol. The molecule has 3 rings (SSSR count). The third-order valence-electron chi connectivity index (χ3n) is 3.88. The fourth-order valence-corrected chi connectivity index (χ4v) is 2.54. The first-order valence-corrected chi connectivity index (χ1v) is 7.83. The number of hydrogen-bond acceptors (Lipinski definition) is 4. The van der Waals surface area contributed by atoms with E-state index in [0.717, 1.165) is 24.1 Å². The minimum atomic E-state index is -0.435. The van der Waals surface area contributed by atoms with Crippen LogP contribution in [0.2, 0.25) is 0 Å². The van der Waals surface area contributed by atoms with Crippen LogP contribution < -0.4 is 5.32 Å². The van der Waals surface area contributed by atoms with Crippen molar-refractivity contribution in [2.24, 2.45) is 0 Å². The molecule has 5 heteroatoms. The molecular weight excluding hydrogens is 288 g/mol. The zero-order valence-electron chi connectivity index (χ0n) is 13.5. The molecule has 3 aromatic rings. The van der Waals surface area contributed by atoms with Gasteiger partial charge in [0, 0.05) is 29.0 Å². The molecule has 0 fully saturated rings. The van der Waals surface area contributed by atoms with Crippen molar-refractivity contribution in [1.82, 2.24) is 15.0 Å². The number of benzene rings is 1. The molecule has 2 heterocycles. The summed E-state index contributed by atoms with van der Waals surface area (Å²) in [4.78, 5) is 12.1. The highest BCUT2D eigenvalue weighted by molar-refractivity contribution is 5.83. The Morgan fingerprint density at radius 3 is 2.83 bits per heavy atom. The van der Waals surface area contributed by atoms with Crippen molar-refractivity contribution in [1.29, 1.82) is 0 Å². The van der Waals surface area contributed by atoms with Crippen molar-refractivity contribution in [2.45, 2.75) is 32.2 Å². The van der Waals surface area contributed by atoms with Gasteiger partial charge in [-0.15, -0.1) is 0 Å². The van der Waals surface area contributed by atoms with Gasteiger partial charge in [0.25, 0.3) is 0 Å². The average Bonchev–Trinajstić information content (AvgIpc) is 2.96.